The number of likely N-dealkylation sites (tertiary alicyclic amines) is 1. The van der Waals surface area contributed by atoms with Crippen molar-refractivity contribution >= 4 is 15.8 Å². The van der Waals surface area contributed by atoms with E-state index in [0.717, 1.165) is 26.1 Å². The predicted octanol–water partition coefficient (Wildman–Crippen LogP) is 2.68. The summed E-state index contributed by atoms with van der Waals surface area (Å²) in [6, 6.07) is 19.5. The van der Waals surface area contributed by atoms with Crippen LogP contribution in [-0.4, -0.2) is 57.3 Å². The molecule has 6 nitrogen and oxygen atoms in total. The number of hydrogen-bond acceptors (Lipinski definition) is 4. The van der Waals surface area contributed by atoms with Gasteiger partial charge < -0.3 is 10.6 Å². The summed E-state index contributed by atoms with van der Waals surface area (Å²) in [5.41, 5.74) is 1.32. The molecule has 2 aromatic carbocycles. The highest BCUT2D eigenvalue weighted by Gasteiger charge is 2.24. The molecule has 1 aliphatic heterocycles. The van der Waals surface area contributed by atoms with Crippen molar-refractivity contribution in [3.63, 3.8) is 0 Å². The van der Waals surface area contributed by atoms with Crippen molar-refractivity contribution in [3.8, 4) is 0 Å². The zero-order valence-corrected chi connectivity index (χ0v) is 18.4. The van der Waals surface area contributed by atoms with E-state index in [1.54, 1.807) is 24.3 Å². The molecule has 162 valence electrons. The van der Waals surface area contributed by atoms with Crippen LogP contribution in [0.2, 0.25) is 0 Å². The molecule has 3 rings (SSSR count). The van der Waals surface area contributed by atoms with Gasteiger partial charge in [-0.3, -0.25) is 9.89 Å². The molecule has 1 aliphatic rings. The topological polar surface area (TPSA) is 73.8 Å². The molecule has 0 spiro atoms. The van der Waals surface area contributed by atoms with E-state index in [9.17, 15) is 8.42 Å². The lowest BCUT2D eigenvalue weighted by Crippen LogP contribution is -2.41. The monoisotopic (exact) mass is 428 g/mol. The summed E-state index contributed by atoms with van der Waals surface area (Å²) in [5.74, 6) is 0.706. The second kappa shape index (κ2) is 11.1. The molecule has 2 N–H and O–H groups in total. The van der Waals surface area contributed by atoms with E-state index in [2.05, 4.69) is 39.8 Å². The SMILES string of the molecule is CCNC(=NCC1CCCN1Cc1ccccc1)NCCS(=O)(=O)c1ccccc1. The number of rotatable bonds is 9. The lowest BCUT2D eigenvalue weighted by atomic mass is 10.2. The molecular weight excluding hydrogens is 396 g/mol. The number of guanidine groups is 1. The van der Waals surface area contributed by atoms with Gasteiger partial charge in [-0.25, -0.2) is 8.42 Å². The molecule has 7 heteroatoms. The summed E-state index contributed by atoms with van der Waals surface area (Å²) in [4.78, 5) is 7.58. The van der Waals surface area contributed by atoms with Crippen LogP contribution in [0.5, 0.6) is 0 Å². The van der Waals surface area contributed by atoms with Gasteiger partial charge in [0.1, 0.15) is 0 Å². The number of benzene rings is 2. The van der Waals surface area contributed by atoms with E-state index in [4.69, 9.17) is 4.99 Å². The zero-order valence-electron chi connectivity index (χ0n) is 17.6. The van der Waals surface area contributed by atoms with Crippen molar-refractivity contribution in [1.82, 2.24) is 15.5 Å². The Morgan fingerprint density at radius 2 is 1.77 bits per heavy atom. The minimum absolute atomic E-state index is 0.0327. The van der Waals surface area contributed by atoms with Gasteiger partial charge in [-0.15, -0.1) is 0 Å². The second-order valence-corrected chi connectivity index (χ2v) is 9.64. The quantitative estimate of drug-likeness (QED) is 0.475. The first-order valence-electron chi connectivity index (χ1n) is 10.7. The average Bonchev–Trinajstić information content (AvgIpc) is 3.20. The molecule has 0 aromatic heterocycles. The maximum absolute atomic E-state index is 12.4. The fourth-order valence-corrected chi connectivity index (χ4v) is 4.89. The van der Waals surface area contributed by atoms with Gasteiger partial charge in [0.05, 0.1) is 17.2 Å². The zero-order chi connectivity index (χ0) is 21.2. The summed E-state index contributed by atoms with van der Waals surface area (Å²) in [7, 11) is -3.30. The number of sulfone groups is 1. The Kier molecular flexibility index (Phi) is 8.28. The highest BCUT2D eigenvalue weighted by atomic mass is 32.2. The van der Waals surface area contributed by atoms with Gasteiger partial charge in [-0.1, -0.05) is 48.5 Å². The largest absolute Gasteiger partial charge is 0.357 e. The van der Waals surface area contributed by atoms with E-state index in [1.165, 1.54) is 12.0 Å². The first kappa shape index (κ1) is 22.3. The molecular formula is C23H32N4O2S. The van der Waals surface area contributed by atoms with Crippen LogP contribution in [0.25, 0.3) is 0 Å². The van der Waals surface area contributed by atoms with E-state index >= 15 is 0 Å². The third kappa shape index (κ3) is 6.57. The van der Waals surface area contributed by atoms with Crippen molar-refractivity contribution in [2.24, 2.45) is 4.99 Å². The predicted molar refractivity (Wildman–Crippen MR) is 122 cm³/mol. The lowest BCUT2D eigenvalue weighted by molar-refractivity contribution is 0.250. The minimum Gasteiger partial charge on any atom is -0.357 e. The average molecular weight is 429 g/mol. The Morgan fingerprint density at radius 1 is 1.07 bits per heavy atom. The van der Waals surface area contributed by atoms with Gasteiger partial charge in [0.2, 0.25) is 0 Å². The number of aliphatic imine (C=N–C) groups is 1. The van der Waals surface area contributed by atoms with Crippen LogP contribution in [0.3, 0.4) is 0 Å². The van der Waals surface area contributed by atoms with Crippen molar-refractivity contribution in [2.75, 3.05) is 31.9 Å². The second-order valence-electron chi connectivity index (χ2n) is 7.53. The molecule has 1 heterocycles. The van der Waals surface area contributed by atoms with Crippen molar-refractivity contribution in [2.45, 2.75) is 37.2 Å². The summed E-state index contributed by atoms with van der Waals surface area (Å²) in [6.45, 7) is 5.80. The molecule has 0 aliphatic carbocycles. The van der Waals surface area contributed by atoms with E-state index in [0.29, 0.717) is 30.0 Å². The Balaban J connectivity index is 1.53. The molecule has 2 aromatic rings. The van der Waals surface area contributed by atoms with E-state index in [1.807, 2.05) is 19.1 Å². The van der Waals surface area contributed by atoms with Gasteiger partial charge >= 0.3 is 0 Å². The van der Waals surface area contributed by atoms with Gasteiger partial charge in [0, 0.05) is 25.7 Å². The van der Waals surface area contributed by atoms with Crippen LogP contribution in [0.1, 0.15) is 25.3 Å². The summed E-state index contributed by atoms with van der Waals surface area (Å²) in [6.07, 6.45) is 2.32. The van der Waals surface area contributed by atoms with Crippen LogP contribution in [0, 0.1) is 0 Å². The molecule has 1 atom stereocenters. The molecule has 0 amide bonds. The van der Waals surface area contributed by atoms with E-state index < -0.39 is 9.84 Å². The van der Waals surface area contributed by atoms with Crippen LogP contribution >= 0.6 is 0 Å². The van der Waals surface area contributed by atoms with Crippen molar-refractivity contribution in [1.29, 1.82) is 0 Å². The maximum Gasteiger partial charge on any atom is 0.191 e. The van der Waals surface area contributed by atoms with Crippen LogP contribution in [0.15, 0.2) is 70.6 Å². The standard InChI is InChI=1S/C23H32N4O2S/c1-2-24-23(25-15-17-30(28,29)22-13-7-4-8-14-22)26-18-21-12-9-16-27(21)19-20-10-5-3-6-11-20/h3-8,10-11,13-14,21H,2,9,12,15-19H2,1H3,(H2,24,25,26). The Labute approximate surface area is 180 Å². The Bertz CT molecular complexity index is 901. The number of nitrogens with zero attached hydrogens (tertiary/aromatic N) is 2. The normalized spacial score (nSPS) is 17.8. The number of nitrogens with one attached hydrogen (secondary N) is 2. The first-order valence-corrected chi connectivity index (χ1v) is 12.3. The van der Waals surface area contributed by atoms with Crippen LogP contribution < -0.4 is 10.6 Å². The van der Waals surface area contributed by atoms with E-state index in [-0.39, 0.29) is 5.75 Å². The van der Waals surface area contributed by atoms with Crippen LogP contribution in [0.4, 0.5) is 0 Å². The first-order chi connectivity index (χ1) is 14.6. The Hall–Kier alpha value is -2.38. The fourth-order valence-electron chi connectivity index (χ4n) is 3.72. The molecule has 0 bridgehead atoms. The molecule has 1 unspecified atom stereocenters. The summed E-state index contributed by atoms with van der Waals surface area (Å²) < 4.78 is 24.9. The highest BCUT2D eigenvalue weighted by Crippen LogP contribution is 2.20. The Morgan fingerprint density at radius 3 is 2.47 bits per heavy atom. The fraction of sp³-hybridized carbons (Fsp3) is 0.435. The lowest BCUT2D eigenvalue weighted by Gasteiger charge is -2.23. The molecule has 1 saturated heterocycles. The minimum atomic E-state index is -3.30. The van der Waals surface area contributed by atoms with Crippen molar-refractivity contribution < 1.29 is 8.42 Å². The maximum atomic E-state index is 12.4. The molecule has 0 radical (unpaired) electrons. The van der Waals surface area contributed by atoms with Gasteiger partial charge in [-0.05, 0) is 44.0 Å². The third-order valence-electron chi connectivity index (χ3n) is 5.30. The van der Waals surface area contributed by atoms with Gasteiger partial charge in [-0.2, -0.15) is 0 Å². The third-order valence-corrected chi connectivity index (χ3v) is 7.03. The molecule has 0 saturated carbocycles. The smallest absolute Gasteiger partial charge is 0.191 e. The van der Waals surface area contributed by atoms with Gasteiger partial charge in [0.25, 0.3) is 0 Å². The van der Waals surface area contributed by atoms with Crippen LogP contribution in [-0.2, 0) is 16.4 Å². The molecule has 1 fully saturated rings. The number of hydrogen-bond donors (Lipinski definition) is 2. The highest BCUT2D eigenvalue weighted by molar-refractivity contribution is 7.91. The molecule has 30 heavy (non-hydrogen) atoms. The van der Waals surface area contributed by atoms with Gasteiger partial charge in [0.15, 0.2) is 15.8 Å². The summed E-state index contributed by atoms with van der Waals surface area (Å²) in [5, 5.41) is 6.40. The van der Waals surface area contributed by atoms with Crippen molar-refractivity contribution in [3.05, 3.63) is 66.2 Å². The summed E-state index contributed by atoms with van der Waals surface area (Å²) >= 11 is 0.